The molecule has 2 aliphatic rings. The lowest BCUT2D eigenvalue weighted by Crippen LogP contribution is -3.01. The van der Waals surface area contributed by atoms with E-state index in [1.54, 1.807) is 0 Å². The summed E-state index contributed by atoms with van der Waals surface area (Å²) in [5.74, 6) is 1.31. The molecule has 0 heterocycles. The Morgan fingerprint density at radius 1 is 1.35 bits per heavy atom. The number of alkyl halides is 3. The standard InChI is InChI=1S/C12H18F3NO3S/c13-12(14,15)20-16(18)3-4-19-11(17)7-10-6-8-1-2-9(10)5-8/h8-10,16H,1-7H2. The third-order valence-corrected chi connectivity index (χ3v) is 4.78. The van der Waals surface area contributed by atoms with Gasteiger partial charge >= 0.3 is 11.5 Å². The van der Waals surface area contributed by atoms with Crippen LogP contribution < -0.4 is 4.47 Å². The van der Waals surface area contributed by atoms with Gasteiger partial charge in [0.25, 0.3) is 0 Å². The largest absolute Gasteiger partial charge is 0.621 e. The van der Waals surface area contributed by atoms with E-state index < -0.39 is 34.4 Å². The topological polar surface area (TPSA) is 53.8 Å². The summed E-state index contributed by atoms with van der Waals surface area (Å²) in [6.45, 7) is -0.659. The number of esters is 1. The number of carbonyl (C=O) groups is 1. The van der Waals surface area contributed by atoms with Crippen LogP contribution in [-0.4, -0.2) is 24.6 Å². The second kappa shape index (κ2) is 6.53. The molecule has 4 atom stereocenters. The van der Waals surface area contributed by atoms with E-state index >= 15 is 0 Å². The predicted molar refractivity (Wildman–Crippen MR) is 67.4 cm³/mol. The van der Waals surface area contributed by atoms with Crippen molar-refractivity contribution in [3.05, 3.63) is 5.21 Å². The van der Waals surface area contributed by atoms with Gasteiger partial charge in [0.2, 0.25) is 0 Å². The van der Waals surface area contributed by atoms with Crippen molar-refractivity contribution in [1.82, 2.24) is 0 Å². The minimum atomic E-state index is -4.57. The normalized spacial score (nSPS) is 30.5. The van der Waals surface area contributed by atoms with Crippen molar-refractivity contribution in [3.63, 3.8) is 0 Å². The number of hydroxylamine groups is 1. The molecule has 2 fully saturated rings. The number of nitrogens with one attached hydrogen (secondary N) is 1. The second-order valence-corrected chi connectivity index (χ2v) is 6.65. The highest BCUT2D eigenvalue weighted by Gasteiger charge is 2.40. The molecule has 1 N–H and O–H groups in total. The molecule has 2 bridgehead atoms. The van der Waals surface area contributed by atoms with Crippen molar-refractivity contribution in [2.24, 2.45) is 17.8 Å². The molecule has 0 aromatic rings. The van der Waals surface area contributed by atoms with Gasteiger partial charge in [-0.05, 0) is 37.0 Å². The van der Waals surface area contributed by atoms with Crippen LogP contribution in [0.4, 0.5) is 13.2 Å². The molecule has 0 amide bonds. The fourth-order valence-electron chi connectivity index (χ4n) is 3.33. The average Bonchev–Trinajstić information content (AvgIpc) is 2.88. The lowest BCUT2D eigenvalue weighted by molar-refractivity contribution is -0.698. The lowest BCUT2D eigenvalue weighted by Gasteiger charge is -2.22. The molecule has 4 unspecified atom stereocenters. The summed E-state index contributed by atoms with van der Waals surface area (Å²) in [5, 5.41) is 10.9. The zero-order chi connectivity index (χ0) is 14.8. The molecular formula is C12H18F3NO3S. The van der Waals surface area contributed by atoms with Crippen molar-refractivity contribution >= 4 is 17.9 Å². The zero-order valence-electron chi connectivity index (χ0n) is 10.9. The Labute approximate surface area is 119 Å². The van der Waals surface area contributed by atoms with Crippen LogP contribution in [0.3, 0.4) is 0 Å². The van der Waals surface area contributed by atoms with E-state index in [9.17, 15) is 23.2 Å². The van der Waals surface area contributed by atoms with Crippen molar-refractivity contribution in [2.45, 2.75) is 37.6 Å². The summed E-state index contributed by atoms with van der Waals surface area (Å²) in [6.07, 6.45) is 5.01. The number of hydrogen-bond donors (Lipinski definition) is 1. The van der Waals surface area contributed by atoms with E-state index in [0.717, 1.165) is 12.3 Å². The van der Waals surface area contributed by atoms with Crippen molar-refractivity contribution in [2.75, 3.05) is 13.2 Å². The maximum Gasteiger partial charge on any atom is 0.496 e. The summed E-state index contributed by atoms with van der Waals surface area (Å²) in [5.41, 5.74) is -4.57. The first-order valence-electron chi connectivity index (χ1n) is 6.77. The number of halogens is 3. The van der Waals surface area contributed by atoms with E-state index in [-0.39, 0.29) is 6.61 Å². The van der Waals surface area contributed by atoms with Gasteiger partial charge < -0.3 is 9.94 Å². The Morgan fingerprint density at radius 2 is 2.10 bits per heavy atom. The highest BCUT2D eigenvalue weighted by Crippen LogP contribution is 2.49. The monoisotopic (exact) mass is 313 g/mol. The van der Waals surface area contributed by atoms with E-state index in [4.69, 9.17) is 4.74 Å². The molecule has 4 nitrogen and oxygen atoms in total. The summed E-state index contributed by atoms with van der Waals surface area (Å²) in [4.78, 5) is 11.6. The summed E-state index contributed by atoms with van der Waals surface area (Å²) in [6, 6.07) is 0. The first-order chi connectivity index (χ1) is 9.33. The molecule has 0 aliphatic heterocycles. The first kappa shape index (κ1) is 15.9. The van der Waals surface area contributed by atoms with Gasteiger partial charge in [-0.2, -0.15) is 13.2 Å². The number of carbonyl (C=O) groups excluding carboxylic acids is 1. The van der Waals surface area contributed by atoms with Crippen molar-refractivity contribution in [3.8, 4) is 0 Å². The van der Waals surface area contributed by atoms with Crippen LogP contribution in [-0.2, 0) is 9.53 Å². The Kier molecular flexibility index (Phi) is 5.19. The van der Waals surface area contributed by atoms with Crippen LogP contribution in [0.5, 0.6) is 0 Å². The SMILES string of the molecule is O=C(CC1CC2CCC1C2)OCC[NH+]([O-])SC(F)(F)F. The lowest BCUT2D eigenvalue weighted by atomic mass is 9.86. The number of ether oxygens (including phenoxy) is 1. The van der Waals surface area contributed by atoms with E-state index in [2.05, 4.69) is 0 Å². The minimum Gasteiger partial charge on any atom is -0.621 e. The molecule has 0 radical (unpaired) electrons. The maximum absolute atomic E-state index is 11.9. The fourth-order valence-corrected chi connectivity index (χ4v) is 3.77. The molecular weight excluding hydrogens is 295 g/mol. The highest BCUT2D eigenvalue weighted by molar-refractivity contribution is 7.93. The molecule has 20 heavy (non-hydrogen) atoms. The van der Waals surface area contributed by atoms with Gasteiger partial charge in [0.1, 0.15) is 13.2 Å². The van der Waals surface area contributed by atoms with Crippen LogP contribution in [0.25, 0.3) is 0 Å². The van der Waals surface area contributed by atoms with Gasteiger partial charge in [-0.1, -0.05) is 6.42 Å². The molecule has 2 rings (SSSR count). The molecule has 2 aliphatic carbocycles. The summed E-state index contributed by atoms with van der Waals surface area (Å²) < 4.78 is 39.5. The Balaban J connectivity index is 1.59. The molecule has 0 aromatic carbocycles. The zero-order valence-corrected chi connectivity index (χ0v) is 11.8. The van der Waals surface area contributed by atoms with Crippen LogP contribution in [0.2, 0.25) is 0 Å². The van der Waals surface area contributed by atoms with Crippen LogP contribution in [0, 0.1) is 23.0 Å². The average molecular weight is 313 g/mol. The smallest absolute Gasteiger partial charge is 0.496 e. The summed E-state index contributed by atoms with van der Waals surface area (Å²) >= 11 is -0.679. The minimum absolute atomic E-state index is 0.262. The van der Waals surface area contributed by atoms with Gasteiger partial charge in [-0.3, -0.25) is 9.26 Å². The number of quaternary nitrogens is 1. The Morgan fingerprint density at radius 3 is 2.65 bits per heavy atom. The molecule has 0 spiro atoms. The Hall–Kier alpha value is -0.470. The fraction of sp³-hybridized carbons (Fsp3) is 0.917. The number of fused-ring (bicyclic) bond motifs is 2. The van der Waals surface area contributed by atoms with Gasteiger partial charge in [0, 0.05) is 6.42 Å². The van der Waals surface area contributed by atoms with Crippen LogP contribution in [0.15, 0.2) is 0 Å². The summed E-state index contributed by atoms with van der Waals surface area (Å²) in [7, 11) is 0. The highest BCUT2D eigenvalue weighted by atomic mass is 32.2. The van der Waals surface area contributed by atoms with Crippen LogP contribution in [0.1, 0.15) is 32.1 Å². The molecule has 0 saturated heterocycles. The molecule has 0 aromatic heterocycles. The number of rotatable bonds is 6. The number of hydrogen-bond acceptors (Lipinski definition) is 4. The maximum atomic E-state index is 11.9. The van der Waals surface area contributed by atoms with Crippen LogP contribution >= 0.6 is 11.9 Å². The van der Waals surface area contributed by atoms with Gasteiger partial charge in [0.05, 0.1) is 0 Å². The predicted octanol–water partition coefficient (Wildman–Crippen LogP) is 1.91. The first-order valence-corrected chi connectivity index (χ1v) is 7.59. The second-order valence-electron chi connectivity index (χ2n) is 5.53. The van der Waals surface area contributed by atoms with Gasteiger partial charge in [-0.15, -0.1) is 0 Å². The Bertz CT molecular complexity index is 353. The van der Waals surface area contributed by atoms with Crippen molar-refractivity contribution in [1.29, 1.82) is 0 Å². The third kappa shape index (κ3) is 4.82. The van der Waals surface area contributed by atoms with E-state index in [0.29, 0.717) is 18.3 Å². The molecule has 2 saturated carbocycles. The molecule has 116 valence electrons. The van der Waals surface area contributed by atoms with E-state index in [1.165, 1.54) is 19.3 Å². The quantitative estimate of drug-likeness (QED) is 0.462. The van der Waals surface area contributed by atoms with Gasteiger partial charge in [-0.25, -0.2) is 0 Å². The van der Waals surface area contributed by atoms with Crippen molar-refractivity contribution < 1.29 is 27.2 Å². The van der Waals surface area contributed by atoms with Gasteiger partial charge in [0.15, 0.2) is 11.9 Å². The molecule has 8 heteroatoms. The third-order valence-electron chi connectivity index (χ3n) is 4.11. The van der Waals surface area contributed by atoms with E-state index in [1.807, 2.05) is 0 Å².